The van der Waals surface area contributed by atoms with Gasteiger partial charge in [0.2, 0.25) is 20.0 Å². The average molecular weight is 511 g/mol. The third kappa shape index (κ3) is 10.9. The van der Waals surface area contributed by atoms with E-state index in [1.54, 1.807) is 8.61 Å². The Morgan fingerprint density at radius 1 is 0.606 bits per heavy atom. The van der Waals surface area contributed by atoms with Crippen LogP contribution in [0.2, 0.25) is 0 Å². The van der Waals surface area contributed by atoms with Crippen molar-refractivity contribution in [2.24, 2.45) is 11.3 Å². The van der Waals surface area contributed by atoms with Crippen molar-refractivity contribution in [2.75, 3.05) is 63.9 Å². The molecule has 2 fully saturated rings. The molecule has 2 rings (SSSR count). The number of nitrogens with zero attached hydrogens (tertiary/aromatic N) is 4. The summed E-state index contributed by atoms with van der Waals surface area (Å²) < 4.78 is 51.6. The van der Waals surface area contributed by atoms with Crippen LogP contribution < -0.4 is 0 Å². The molecule has 0 aliphatic carbocycles. The van der Waals surface area contributed by atoms with Crippen LogP contribution in [-0.2, 0) is 20.0 Å². The molecule has 0 aromatic heterocycles. The van der Waals surface area contributed by atoms with E-state index in [9.17, 15) is 16.8 Å². The summed E-state index contributed by atoms with van der Waals surface area (Å²) >= 11 is 0. The number of piperazine rings is 2. The fraction of sp³-hybridized carbons (Fsp3) is 1.00. The molecule has 2 aliphatic rings. The lowest BCUT2D eigenvalue weighted by Crippen LogP contribution is -2.51. The summed E-state index contributed by atoms with van der Waals surface area (Å²) in [6.07, 6.45) is 0. The van der Waals surface area contributed by atoms with Crippen LogP contribution in [0, 0.1) is 11.3 Å². The van der Waals surface area contributed by atoms with Gasteiger partial charge in [0.05, 0.1) is 11.5 Å². The van der Waals surface area contributed by atoms with Crippen molar-refractivity contribution in [1.82, 2.24) is 18.4 Å². The SMILES string of the molecule is CC(C)CS(=O)(=O)N1CCN(C(C)C)CC1.CC(C)N1CCN(S(=O)(=O)CC(C)(C)C)CC1. The molecule has 10 heteroatoms. The number of hydrogen-bond acceptors (Lipinski definition) is 6. The zero-order valence-corrected chi connectivity index (χ0v) is 24.2. The van der Waals surface area contributed by atoms with Crippen molar-refractivity contribution in [3.05, 3.63) is 0 Å². The van der Waals surface area contributed by atoms with Crippen molar-refractivity contribution in [2.45, 2.75) is 74.4 Å². The number of sulfonamides is 2. The molecule has 0 radical (unpaired) electrons. The highest BCUT2D eigenvalue weighted by Crippen LogP contribution is 2.20. The molecule has 0 aromatic carbocycles. The Kier molecular flexibility index (Phi) is 11.8. The summed E-state index contributed by atoms with van der Waals surface area (Å²) in [6.45, 7) is 24.4. The molecule has 198 valence electrons. The molecule has 2 aliphatic heterocycles. The lowest BCUT2D eigenvalue weighted by atomic mass is 10.0. The van der Waals surface area contributed by atoms with Crippen LogP contribution in [-0.4, -0.2) is 111 Å². The molecule has 0 aromatic rings. The van der Waals surface area contributed by atoms with Gasteiger partial charge in [-0.1, -0.05) is 34.6 Å². The smallest absolute Gasteiger partial charge is 0.214 e. The molecule has 33 heavy (non-hydrogen) atoms. The molecule has 0 unspecified atom stereocenters. The Hall–Kier alpha value is -0.260. The lowest BCUT2D eigenvalue weighted by molar-refractivity contribution is 0.153. The third-order valence-electron chi connectivity index (χ3n) is 5.95. The van der Waals surface area contributed by atoms with E-state index in [2.05, 4.69) is 37.5 Å². The molecule has 0 N–H and O–H groups in total. The van der Waals surface area contributed by atoms with Crippen molar-refractivity contribution in [3.63, 3.8) is 0 Å². The molecule has 2 saturated heterocycles. The Morgan fingerprint density at radius 3 is 1.21 bits per heavy atom. The van der Waals surface area contributed by atoms with Gasteiger partial charge < -0.3 is 0 Å². The number of rotatable bonds is 7. The van der Waals surface area contributed by atoms with Crippen LogP contribution in [0.1, 0.15) is 62.3 Å². The molecular weight excluding hydrogens is 460 g/mol. The highest BCUT2D eigenvalue weighted by Gasteiger charge is 2.31. The fourth-order valence-corrected chi connectivity index (χ4v) is 7.93. The minimum atomic E-state index is -3.08. The summed E-state index contributed by atoms with van der Waals surface area (Å²) in [7, 11) is -6.11. The highest BCUT2D eigenvalue weighted by molar-refractivity contribution is 7.89. The Labute approximate surface area is 204 Å². The monoisotopic (exact) mass is 510 g/mol. The van der Waals surface area contributed by atoms with Gasteiger partial charge in [0.15, 0.2) is 0 Å². The third-order valence-corrected chi connectivity index (χ3v) is 10.6. The summed E-state index contributed by atoms with van der Waals surface area (Å²) in [5.41, 5.74) is -0.173. The normalized spacial score (nSPS) is 21.0. The predicted molar refractivity (Wildman–Crippen MR) is 138 cm³/mol. The van der Waals surface area contributed by atoms with Crippen LogP contribution in [0.25, 0.3) is 0 Å². The second-order valence-corrected chi connectivity index (χ2v) is 15.5. The Balaban J connectivity index is 0.000000331. The maximum Gasteiger partial charge on any atom is 0.214 e. The predicted octanol–water partition coefficient (Wildman–Crippen LogP) is 2.39. The lowest BCUT2D eigenvalue weighted by Gasteiger charge is -2.37. The Bertz CT molecular complexity index is 774. The largest absolute Gasteiger partial charge is 0.298 e. The van der Waals surface area contributed by atoms with E-state index < -0.39 is 20.0 Å². The topological polar surface area (TPSA) is 81.2 Å². The number of hydrogen-bond donors (Lipinski definition) is 0. The van der Waals surface area contributed by atoms with Crippen LogP contribution in [0.3, 0.4) is 0 Å². The van der Waals surface area contributed by atoms with E-state index in [0.29, 0.717) is 38.3 Å². The van der Waals surface area contributed by atoms with Gasteiger partial charge in [-0.05, 0) is 39.0 Å². The van der Waals surface area contributed by atoms with Gasteiger partial charge in [-0.15, -0.1) is 0 Å². The summed E-state index contributed by atoms with van der Waals surface area (Å²) in [5.74, 6) is 0.712. The maximum atomic E-state index is 12.2. The van der Waals surface area contributed by atoms with E-state index >= 15 is 0 Å². The molecule has 0 bridgehead atoms. The van der Waals surface area contributed by atoms with E-state index in [4.69, 9.17) is 0 Å². The molecule has 0 atom stereocenters. The summed E-state index contributed by atoms with van der Waals surface area (Å²) in [5, 5.41) is 0. The molecule has 0 saturated carbocycles. The zero-order valence-electron chi connectivity index (χ0n) is 22.5. The van der Waals surface area contributed by atoms with Crippen molar-refractivity contribution in [1.29, 1.82) is 0 Å². The highest BCUT2D eigenvalue weighted by atomic mass is 32.2. The second kappa shape index (κ2) is 12.6. The first-order valence-electron chi connectivity index (χ1n) is 12.4. The summed E-state index contributed by atoms with van der Waals surface area (Å²) in [6, 6.07) is 1.01. The second-order valence-electron chi connectivity index (χ2n) is 11.5. The minimum Gasteiger partial charge on any atom is -0.298 e. The quantitative estimate of drug-likeness (QED) is 0.523. The van der Waals surface area contributed by atoms with Crippen molar-refractivity contribution in [3.8, 4) is 0 Å². The first-order valence-corrected chi connectivity index (χ1v) is 15.6. The van der Waals surface area contributed by atoms with Gasteiger partial charge in [0, 0.05) is 64.4 Å². The van der Waals surface area contributed by atoms with E-state index in [1.807, 2.05) is 34.6 Å². The molecule has 8 nitrogen and oxygen atoms in total. The van der Waals surface area contributed by atoms with Crippen LogP contribution in [0.5, 0.6) is 0 Å². The molecular formula is C23H50N4O4S2. The van der Waals surface area contributed by atoms with Gasteiger partial charge in [0.1, 0.15) is 0 Å². The first-order chi connectivity index (χ1) is 14.9. The molecule has 0 spiro atoms. The van der Waals surface area contributed by atoms with Gasteiger partial charge in [-0.25, -0.2) is 16.8 Å². The fourth-order valence-electron chi connectivity index (χ4n) is 4.16. The van der Waals surface area contributed by atoms with E-state index in [-0.39, 0.29) is 22.8 Å². The van der Waals surface area contributed by atoms with Gasteiger partial charge >= 0.3 is 0 Å². The van der Waals surface area contributed by atoms with Crippen LogP contribution in [0.15, 0.2) is 0 Å². The summed E-state index contributed by atoms with van der Waals surface area (Å²) in [4.78, 5) is 4.64. The van der Waals surface area contributed by atoms with Crippen molar-refractivity contribution >= 4 is 20.0 Å². The van der Waals surface area contributed by atoms with Gasteiger partial charge in [0.25, 0.3) is 0 Å². The minimum absolute atomic E-state index is 0.173. The van der Waals surface area contributed by atoms with E-state index in [0.717, 1.165) is 26.2 Å². The standard InChI is InChI=1S/C12H26N2O2S.C11H24N2O2S/c1-11(2)13-6-8-14(9-7-13)17(15,16)10-12(3,4)5;1-10(2)9-16(14,15)13-7-5-12(6-8-13)11(3)4/h11H,6-10H2,1-5H3;10-11H,5-9H2,1-4H3. The van der Waals surface area contributed by atoms with Gasteiger partial charge in [-0.3, -0.25) is 9.80 Å². The molecule has 0 amide bonds. The Morgan fingerprint density at radius 2 is 0.939 bits per heavy atom. The first kappa shape index (κ1) is 30.8. The maximum absolute atomic E-state index is 12.2. The average Bonchev–Trinajstić information content (AvgIpc) is 2.66. The van der Waals surface area contributed by atoms with Crippen LogP contribution in [0.4, 0.5) is 0 Å². The zero-order chi connectivity index (χ0) is 25.6. The van der Waals surface area contributed by atoms with Crippen molar-refractivity contribution < 1.29 is 16.8 Å². The molecule has 2 heterocycles. The van der Waals surface area contributed by atoms with E-state index in [1.165, 1.54) is 0 Å². The van der Waals surface area contributed by atoms with Gasteiger partial charge in [-0.2, -0.15) is 8.61 Å². The van der Waals surface area contributed by atoms with Crippen LogP contribution >= 0.6 is 0 Å².